The van der Waals surface area contributed by atoms with Crippen LogP contribution in [-0.4, -0.2) is 35.9 Å². The van der Waals surface area contributed by atoms with Crippen molar-refractivity contribution in [3.8, 4) is 0 Å². The molecule has 0 fully saturated rings. The molecule has 0 aromatic heterocycles. The minimum Gasteiger partial charge on any atom is -0.372 e. The number of rotatable bonds is 6. The molecule has 2 atom stereocenters. The van der Waals surface area contributed by atoms with Crippen LogP contribution < -0.4 is 5.32 Å². The van der Waals surface area contributed by atoms with E-state index >= 15 is 0 Å². The summed E-state index contributed by atoms with van der Waals surface area (Å²) in [5.74, 6) is 0.773. The van der Waals surface area contributed by atoms with Crippen molar-refractivity contribution in [3.05, 3.63) is 35.4 Å². The van der Waals surface area contributed by atoms with Gasteiger partial charge in [0.1, 0.15) is 0 Å². The van der Waals surface area contributed by atoms with E-state index in [4.69, 9.17) is 4.74 Å². The van der Waals surface area contributed by atoms with Gasteiger partial charge < -0.3 is 10.1 Å². The Morgan fingerprint density at radius 2 is 2.28 bits per heavy atom. The van der Waals surface area contributed by atoms with Gasteiger partial charge in [0.2, 0.25) is 0 Å². The molecule has 1 aromatic carbocycles. The lowest BCUT2D eigenvalue weighted by molar-refractivity contribution is 0.0427. The molecule has 0 amide bonds. The van der Waals surface area contributed by atoms with E-state index in [1.807, 2.05) is 0 Å². The second-order valence-corrected chi connectivity index (χ2v) is 6.20. The van der Waals surface area contributed by atoms with Crippen LogP contribution in [0.15, 0.2) is 24.3 Å². The fraction of sp³-hybridized carbons (Fsp3) is 0.571. The van der Waals surface area contributed by atoms with E-state index in [0.717, 1.165) is 38.3 Å². The largest absolute Gasteiger partial charge is 0.372 e. The Kier molecular flexibility index (Phi) is 5.35. The topological polar surface area (TPSA) is 38.3 Å². The highest BCUT2D eigenvalue weighted by Crippen LogP contribution is 2.25. The number of hydrogen-bond donors (Lipinski definition) is 1. The van der Waals surface area contributed by atoms with E-state index in [-0.39, 0.29) is 6.10 Å². The average Bonchev–Trinajstić information content (AvgIpc) is 2.38. The van der Waals surface area contributed by atoms with E-state index in [1.54, 1.807) is 6.26 Å². The Labute approximate surface area is 111 Å². The van der Waals surface area contributed by atoms with Crippen LogP contribution in [-0.2, 0) is 22.0 Å². The highest BCUT2D eigenvalue weighted by Gasteiger charge is 2.19. The molecule has 100 valence electrons. The van der Waals surface area contributed by atoms with Gasteiger partial charge in [0.15, 0.2) is 0 Å². The average molecular weight is 267 g/mol. The number of fused-ring (bicyclic) bond motifs is 1. The lowest BCUT2D eigenvalue weighted by atomic mass is 9.97. The highest BCUT2D eigenvalue weighted by molar-refractivity contribution is 7.84. The van der Waals surface area contributed by atoms with Gasteiger partial charge in [-0.3, -0.25) is 4.21 Å². The van der Waals surface area contributed by atoms with Gasteiger partial charge in [-0.15, -0.1) is 0 Å². The lowest BCUT2D eigenvalue weighted by Gasteiger charge is -2.26. The number of nitrogens with one attached hydrogen (secondary N) is 1. The fourth-order valence-electron chi connectivity index (χ4n) is 2.28. The lowest BCUT2D eigenvalue weighted by Crippen LogP contribution is -2.28. The van der Waals surface area contributed by atoms with Gasteiger partial charge in [0.05, 0.1) is 12.7 Å². The van der Waals surface area contributed by atoms with E-state index in [9.17, 15) is 4.21 Å². The smallest absolute Gasteiger partial charge is 0.0952 e. The summed E-state index contributed by atoms with van der Waals surface area (Å²) in [5, 5.41) is 3.39. The molecule has 1 N–H and O–H groups in total. The Morgan fingerprint density at radius 3 is 3.11 bits per heavy atom. The SMILES string of the molecule is CS(=O)CCCNCC1OCCc2ccccc21. The van der Waals surface area contributed by atoms with Crippen LogP contribution in [0.1, 0.15) is 23.7 Å². The normalized spacial score (nSPS) is 20.4. The molecule has 2 rings (SSSR count). The van der Waals surface area contributed by atoms with Crippen molar-refractivity contribution < 1.29 is 8.95 Å². The Bertz CT molecular complexity index is 409. The predicted molar refractivity (Wildman–Crippen MR) is 75.3 cm³/mol. The standard InChI is InChI=1S/C14H21NO2S/c1-18(16)10-4-8-15-11-14-13-6-3-2-5-12(13)7-9-17-14/h2-3,5-6,14-15H,4,7-11H2,1H3. The quantitative estimate of drug-likeness (QED) is 0.797. The van der Waals surface area contributed by atoms with Gasteiger partial charge in [-0.25, -0.2) is 0 Å². The zero-order valence-electron chi connectivity index (χ0n) is 10.9. The Morgan fingerprint density at radius 1 is 1.44 bits per heavy atom. The van der Waals surface area contributed by atoms with Gasteiger partial charge >= 0.3 is 0 Å². The second kappa shape index (κ2) is 7.02. The molecule has 0 aliphatic carbocycles. The van der Waals surface area contributed by atoms with Crippen LogP contribution in [0.5, 0.6) is 0 Å². The Hall–Kier alpha value is -0.710. The Balaban J connectivity index is 1.79. The minimum absolute atomic E-state index is 0.169. The maximum Gasteiger partial charge on any atom is 0.0952 e. The summed E-state index contributed by atoms with van der Waals surface area (Å²) in [6.07, 6.45) is 3.89. The summed E-state index contributed by atoms with van der Waals surface area (Å²) in [4.78, 5) is 0. The molecule has 2 unspecified atom stereocenters. The first kappa shape index (κ1) is 13.7. The fourth-order valence-corrected chi connectivity index (χ4v) is 2.83. The van der Waals surface area contributed by atoms with Crippen molar-refractivity contribution >= 4 is 10.8 Å². The van der Waals surface area contributed by atoms with Crippen molar-refractivity contribution in [1.29, 1.82) is 0 Å². The first-order chi connectivity index (χ1) is 8.77. The summed E-state index contributed by atoms with van der Waals surface area (Å²) >= 11 is 0. The predicted octanol–water partition coefficient (Wildman–Crippen LogP) is 1.66. The van der Waals surface area contributed by atoms with Crippen molar-refractivity contribution in [2.24, 2.45) is 0 Å². The number of hydrogen-bond acceptors (Lipinski definition) is 3. The summed E-state index contributed by atoms with van der Waals surface area (Å²) in [6, 6.07) is 8.50. The van der Waals surface area contributed by atoms with Crippen LogP contribution in [0.25, 0.3) is 0 Å². The molecule has 1 heterocycles. The van der Waals surface area contributed by atoms with Crippen LogP contribution >= 0.6 is 0 Å². The van der Waals surface area contributed by atoms with Crippen molar-refractivity contribution in [2.45, 2.75) is 18.9 Å². The van der Waals surface area contributed by atoms with E-state index < -0.39 is 10.8 Å². The van der Waals surface area contributed by atoms with Gasteiger partial charge in [-0.2, -0.15) is 0 Å². The van der Waals surface area contributed by atoms with Gasteiger partial charge in [0.25, 0.3) is 0 Å². The molecular formula is C14H21NO2S. The summed E-state index contributed by atoms with van der Waals surface area (Å²) in [5.41, 5.74) is 2.72. The first-order valence-electron chi connectivity index (χ1n) is 6.47. The third kappa shape index (κ3) is 3.90. The second-order valence-electron chi connectivity index (χ2n) is 4.64. The van der Waals surface area contributed by atoms with Crippen LogP contribution in [0, 0.1) is 0 Å². The zero-order chi connectivity index (χ0) is 12.8. The third-order valence-corrected chi connectivity index (χ3v) is 4.07. The maximum absolute atomic E-state index is 10.9. The molecule has 0 saturated heterocycles. The molecule has 0 radical (unpaired) electrons. The van der Waals surface area contributed by atoms with Crippen molar-refractivity contribution in [1.82, 2.24) is 5.32 Å². The van der Waals surface area contributed by atoms with Gasteiger partial charge in [-0.05, 0) is 30.5 Å². The summed E-state index contributed by atoms with van der Waals surface area (Å²) in [7, 11) is -0.681. The molecule has 1 aromatic rings. The van der Waals surface area contributed by atoms with Crippen molar-refractivity contribution in [3.63, 3.8) is 0 Å². The van der Waals surface area contributed by atoms with E-state index in [2.05, 4.69) is 29.6 Å². The minimum atomic E-state index is -0.681. The van der Waals surface area contributed by atoms with E-state index in [0.29, 0.717) is 0 Å². The molecule has 0 spiro atoms. The molecule has 0 bridgehead atoms. The highest BCUT2D eigenvalue weighted by atomic mass is 32.2. The van der Waals surface area contributed by atoms with Gasteiger partial charge in [-0.1, -0.05) is 24.3 Å². The molecule has 0 saturated carbocycles. The molecular weight excluding hydrogens is 246 g/mol. The summed E-state index contributed by atoms with van der Waals surface area (Å²) < 4.78 is 16.7. The maximum atomic E-state index is 10.9. The molecule has 1 aliphatic heterocycles. The number of ether oxygens (including phenoxy) is 1. The molecule has 3 nitrogen and oxygen atoms in total. The third-order valence-electron chi connectivity index (χ3n) is 3.21. The monoisotopic (exact) mass is 267 g/mol. The first-order valence-corrected chi connectivity index (χ1v) is 8.20. The molecule has 1 aliphatic rings. The van der Waals surface area contributed by atoms with Crippen LogP contribution in [0.2, 0.25) is 0 Å². The molecule has 4 heteroatoms. The van der Waals surface area contributed by atoms with Crippen LogP contribution in [0.4, 0.5) is 0 Å². The zero-order valence-corrected chi connectivity index (χ0v) is 11.7. The van der Waals surface area contributed by atoms with Gasteiger partial charge in [0, 0.05) is 29.4 Å². The van der Waals surface area contributed by atoms with Crippen LogP contribution in [0.3, 0.4) is 0 Å². The van der Waals surface area contributed by atoms with Crippen molar-refractivity contribution in [2.75, 3.05) is 31.7 Å². The number of benzene rings is 1. The summed E-state index contributed by atoms with van der Waals surface area (Å²) in [6.45, 7) is 2.55. The van der Waals surface area contributed by atoms with E-state index in [1.165, 1.54) is 11.1 Å². The molecule has 18 heavy (non-hydrogen) atoms.